The molecule has 21 heavy (non-hydrogen) atoms. The number of nitrogen functional groups attached to an aromatic ring is 1. The fraction of sp³-hybridized carbons (Fsp3) is 0.312. The highest BCUT2D eigenvalue weighted by Crippen LogP contribution is 2.29. The Bertz CT molecular complexity index is 775. The molecule has 3 N–H and O–H groups in total. The van der Waals surface area contributed by atoms with Gasteiger partial charge in [0, 0.05) is 12.0 Å². The van der Waals surface area contributed by atoms with E-state index in [-0.39, 0.29) is 0 Å². The van der Waals surface area contributed by atoms with Crippen LogP contribution in [0, 0.1) is 6.92 Å². The Morgan fingerprint density at radius 1 is 1.24 bits per heavy atom. The first-order valence-electron chi connectivity index (χ1n) is 7.26. The first kappa shape index (κ1) is 13.5. The number of fused-ring (bicyclic) bond motifs is 1. The highest BCUT2D eigenvalue weighted by atomic mass is 15.2. The summed E-state index contributed by atoms with van der Waals surface area (Å²) in [6.07, 6.45) is 3.00. The van der Waals surface area contributed by atoms with Crippen molar-refractivity contribution in [1.29, 1.82) is 0 Å². The highest BCUT2D eigenvalue weighted by molar-refractivity contribution is 5.97. The molecule has 5 heteroatoms. The molecule has 0 unspecified atom stereocenters. The summed E-state index contributed by atoms with van der Waals surface area (Å²) in [5.41, 5.74) is 9.90. The van der Waals surface area contributed by atoms with Gasteiger partial charge in [-0.2, -0.15) is 5.10 Å². The molecule has 0 aliphatic rings. The summed E-state index contributed by atoms with van der Waals surface area (Å²) in [6, 6.07) is 8.20. The fourth-order valence-electron chi connectivity index (χ4n) is 2.45. The van der Waals surface area contributed by atoms with E-state index in [1.54, 1.807) is 0 Å². The van der Waals surface area contributed by atoms with Crippen LogP contribution in [0.1, 0.15) is 31.2 Å². The van der Waals surface area contributed by atoms with Gasteiger partial charge in [0.15, 0.2) is 5.65 Å². The second-order valence-electron chi connectivity index (χ2n) is 5.30. The van der Waals surface area contributed by atoms with Crippen LogP contribution in [0.25, 0.3) is 22.3 Å². The molecule has 0 atom stereocenters. The quantitative estimate of drug-likeness (QED) is 0.769. The molecule has 3 aromatic rings. The summed E-state index contributed by atoms with van der Waals surface area (Å²) >= 11 is 0. The molecule has 0 spiro atoms. The van der Waals surface area contributed by atoms with Crippen molar-refractivity contribution in [3.63, 3.8) is 0 Å². The standard InChI is InChI=1S/C16H19N5/c1-3-4-8-12-18-15(17)13-14(20-21-16(13)19-12)11-7-5-6-10(2)9-11/h5-7,9H,3-4,8H2,1-2H3,(H3,17,18,19,20,21). The van der Waals surface area contributed by atoms with E-state index in [2.05, 4.69) is 46.1 Å². The zero-order valence-electron chi connectivity index (χ0n) is 12.3. The lowest BCUT2D eigenvalue weighted by molar-refractivity contribution is 0.757. The number of aromatic amines is 1. The van der Waals surface area contributed by atoms with Crippen molar-refractivity contribution in [3.05, 3.63) is 35.7 Å². The lowest BCUT2D eigenvalue weighted by Crippen LogP contribution is -2.01. The predicted molar refractivity (Wildman–Crippen MR) is 84.9 cm³/mol. The Morgan fingerprint density at radius 3 is 2.86 bits per heavy atom. The van der Waals surface area contributed by atoms with Crippen LogP contribution >= 0.6 is 0 Å². The Hall–Kier alpha value is -2.43. The number of nitrogens with two attached hydrogens (primary N) is 1. The first-order valence-corrected chi connectivity index (χ1v) is 7.26. The molecule has 0 saturated heterocycles. The molecule has 2 aromatic heterocycles. The van der Waals surface area contributed by atoms with Crippen LogP contribution in [0.5, 0.6) is 0 Å². The van der Waals surface area contributed by atoms with Crippen molar-refractivity contribution < 1.29 is 0 Å². The Kier molecular flexibility index (Phi) is 3.56. The lowest BCUT2D eigenvalue weighted by atomic mass is 10.1. The Morgan fingerprint density at radius 2 is 2.10 bits per heavy atom. The maximum absolute atomic E-state index is 6.14. The van der Waals surface area contributed by atoms with E-state index < -0.39 is 0 Å². The second kappa shape index (κ2) is 5.52. The SMILES string of the molecule is CCCCc1nc(N)c2c(-c3cccc(C)c3)[nH]nc2n1. The molecule has 1 aromatic carbocycles. The maximum Gasteiger partial charge on any atom is 0.187 e. The van der Waals surface area contributed by atoms with Crippen molar-refractivity contribution in [2.45, 2.75) is 33.1 Å². The van der Waals surface area contributed by atoms with Crippen LogP contribution in [0.2, 0.25) is 0 Å². The van der Waals surface area contributed by atoms with Gasteiger partial charge in [0.25, 0.3) is 0 Å². The van der Waals surface area contributed by atoms with Crippen LogP contribution in [0.3, 0.4) is 0 Å². The van der Waals surface area contributed by atoms with Crippen LogP contribution in [0.4, 0.5) is 5.82 Å². The molecule has 3 rings (SSSR count). The van der Waals surface area contributed by atoms with E-state index in [1.807, 2.05) is 12.1 Å². The summed E-state index contributed by atoms with van der Waals surface area (Å²) in [6.45, 7) is 4.21. The second-order valence-corrected chi connectivity index (χ2v) is 5.30. The van der Waals surface area contributed by atoms with Gasteiger partial charge < -0.3 is 5.73 Å². The summed E-state index contributed by atoms with van der Waals surface area (Å²) in [4.78, 5) is 8.94. The average molecular weight is 281 g/mol. The molecule has 0 bridgehead atoms. The maximum atomic E-state index is 6.14. The number of aromatic nitrogens is 4. The van der Waals surface area contributed by atoms with Gasteiger partial charge in [-0.05, 0) is 19.4 Å². The number of hydrogen-bond donors (Lipinski definition) is 2. The number of unbranched alkanes of at least 4 members (excludes halogenated alkanes) is 1. The van der Waals surface area contributed by atoms with Crippen LogP contribution in [-0.2, 0) is 6.42 Å². The first-order chi connectivity index (χ1) is 10.2. The fourth-order valence-corrected chi connectivity index (χ4v) is 2.45. The van der Waals surface area contributed by atoms with Gasteiger partial charge in [-0.15, -0.1) is 0 Å². The van der Waals surface area contributed by atoms with Crippen molar-refractivity contribution in [2.24, 2.45) is 0 Å². The van der Waals surface area contributed by atoms with Gasteiger partial charge in [-0.3, -0.25) is 5.10 Å². The van der Waals surface area contributed by atoms with Gasteiger partial charge in [0.1, 0.15) is 11.6 Å². The number of nitrogens with zero attached hydrogens (tertiary/aromatic N) is 3. The Labute approximate surface area is 123 Å². The highest BCUT2D eigenvalue weighted by Gasteiger charge is 2.14. The summed E-state index contributed by atoms with van der Waals surface area (Å²) < 4.78 is 0. The molecule has 0 radical (unpaired) electrons. The van der Waals surface area contributed by atoms with E-state index >= 15 is 0 Å². The average Bonchev–Trinajstić information content (AvgIpc) is 2.89. The van der Waals surface area contributed by atoms with Gasteiger partial charge in [-0.1, -0.05) is 37.1 Å². The minimum atomic E-state index is 0.497. The van der Waals surface area contributed by atoms with E-state index in [0.717, 1.165) is 41.7 Å². The molecule has 0 amide bonds. The third-order valence-corrected chi connectivity index (χ3v) is 3.55. The number of H-pyrrole nitrogens is 1. The molecule has 108 valence electrons. The number of anilines is 1. The molecule has 0 aliphatic carbocycles. The van der Waals surface area contributed by atoms with E-state index in [9.17, 15) is 0 Å². The summed E-state index contributed by atoms with van der Waals surface area (Å²) in [5.74, 6) is 1.26. The van der Waals surface area contributed by atoms with Crippen molar-refractivity contribution in [3.8, 4) is 11.3 Å². The van der Waals surface area contributed by atoms with E-state index in [1.165, 1.54) is 5.56 Å². The van der Waals surface area contributed by atoms with Crippen LogP contribution in [-0.4, -0.2) is 20.2 Å². The minimum absolute atomic E-state index is 0.497. The van der Waals surface area contributed by atoms with Crippen molar-refractivity contribution in [2.75, 3.05) is 5.73 Å². The number of benzene rings is 1. The predicted octanol–water partition coefficient (Wildman–Crippen LogP) is 3.25. The summed E-state index contributed by atoms with van der Waals surface area (Å²) in [5, 5.41) is 8.15. The number of rotatable bonds is 4. The van der Waals surface area contributed by atoms with Crippen LogP contribution < -0.4 is 5.73 Å². The molecule has 0 saturated carbocycles. The van der Waals surface area contributed by atoms with Gasteiger partial charge >= 0.3 is 0 Å². The number of hydrogen-bond acceptors (Lipinski definition) is 4. The summed E-state index contributed by atoms with van der Waals surface area (Å²) in [7, 11) is 0. The van der Waals surface area contributed by atoms with Gasteiger partial charge in [0.05, 0.1) is 11.1 Å². The van der Waals surface area contributed by atoms with Gasteiger partial charge in [0.2, 0.25) is 0 Å². The zero-order chi connectivity index (χ0) is 14.8. The molecule has 2 heterocycles. The smallest absolute Gasteiger partial charge is 0.187 e. The number of nitrogens with one attached hydrogen (secondary N) is 1. The van der Waals surface area contributed by atoms with Crippen molar-refractivity contribution in [1.82, 2.24) is 20.2 Å². The number of aryl methyl sites for hydroxylation is 2. The zero-order valence-corrected chi connectivity index (χ0v) is 12.3. The van der Waals surface area contributed by atoms with E-state index in [0.29, 0.717) is 11.5 Å². The topological polar surface area (TPSA) is 80.5 Å². The molecule has 0 fully saturated rings. The molecule has 5 nitrogen and oxygen atoms in total. The Balaban J connectivity index is 2.10. The van der Waals surface area contributed by atoms with Gasteiger partial charge in [-0.25, -0.2) is 9.97 Å². The minimum Gasteiger partial charge on any atom is -0.383 e. The third kappa shape index (κ3) is 2.59. The molecular weight excluding hydrogens is 262 g/mol. The monoisotopic (exact) mass is 281 g/mol. The van der Waals surface area contributed by atoms with Crippen molar-refractivity contribution >= 4 is 16.9 Å². The molecular formula is C16H19N5. The third-order valence-electron chi connectivity index (χ3n) is 3.55. The lowest BCUT2D eigenvalue weighted by Gasteiger charge is -2.04. The molecule has 0 aliphatic heterocycles. The van der Waals surface area contributed by atoms with E-state index in [4.69, 9.17) is 5.73 Å². The largest absolute Gasteiger partial charge is 0.383 e. The normalized spacial score (nSPS) is 11.1. The van der Waals surface area contributed by atoms with Crippen LogP contribution in [0.15, 0.2) is 24.3 Å².